The lowest BCUT2D eigenvalue weighted by molar-refractivity contribution is 0.0692. The van der Waals surface area contributed by atoms with Gasteiger partial charge in [0.05, 0.1) is 12.7 Å². The van der Waals surface area contributed by atoms with Gasteiger partial charge in [0, 0.05) is 18.7 Å². The first kappa shape index (κ1) is 17.7. The first-order chi connectivity index (χ1) is 10.7. The first-order valence-corrected chi connectivity index (χ1v) is 8.80. The molecule has 0 bridgehead atoms. The fourth-order valence-corrected chi connectivity index (χ4v) is 3.95. The van der Waals surface area contributed by atoms with E-state index in [0.717, 1.165) is 12.8 Å². The standard InChI is InChI=1S/C15H22N2O5S/c1-17(2)11-6-10(7-11)9-16-23(20,21)14-8-12(22-3)4-5-13(14)15(18)19/h4-5,8,10-11,16H,6-7,9H2,1-3H3,(H,18,19). The zero-order chi connectivity index (χ0) is 17.2. The molecule has 1 aromatic carbocycles. The highest BCUT2D eigenvalue weighted by Gasteiger charge is 2.32. The molecule has 7 nitrogen and oxygen atoms in total. The molecule has 0 unspecified atom stereocenters. The largest absolute Gasteiger partial charge is 0.497 e. The van der Waals surface area contributed by atoms with Gasteiger partial charge in [-0.25, -0.2) is 17.9 Å². The van der Waals surface area contributed by atoms with Crippen LogP contribution in [-0.4, -0.2) is 58.2 Å². The Balaban J connectivity index is 2.12. The summed E-state index contributed by atoms with van der Waals surface area (Å²) in [4.78, 5) is 13.1. The van der Waals surface area contributed by atoms with Crippen molar-refractivity contribution in [3.63, 3.8) is 0 Å². The van der Waals surface area contributed by atoms with Crippen LogP contribution in [0.5, 0.6) is 5.75 Å². The molecular weight excluding hydrogens is 320 g/mol. The summed E-state index contributed by atoms with van der Waals surface area (Å²) in [5, 5.41) is 9.18. The summed E-state index contributed by atoms with van der Waals surface area (Å²) in [6, 6.07) is 4.38. The predicted octanol–water partition coefficient (Wildman–Crippen LogP) is 1.01. The van der Waals surface area contributed by atoms with Crippen LogP contribution in [0.4, 0.5) is 0 Å². The minimum atomic E-state index is -3.90. The number of nitrogens with one attached hydrogen (secondary N) is 1. The Morgan fingerprint density at radius 3 is 2.57 bits per heavy atom. The van der Waals surface area contributed by atoms with Crippen LogP contribution in [0.2, 0.25) is 0 Å². The van der Waals surface area contributed by atoms with Crippen LogP contribution in [0, 0.1) is 5.92 Å². The van der Waals surface area contributed by atoms with Crippen LogP contribution in [-0.2, 0) is 10.0 Å². The highest BCUT2D eigenvalue weighted by molar-refractivity contribution is 7.89. The monoisotopic (exact) mass is 342 g/mol. The van der Waals surface area contributed by atoms with E-state index in [9.17, 15) is 18.3 Å². The molecule has 1 fully saturated rings. The molecule has 0 amide bonds. The van der Waals surface area contributed by atoms with E-state index in [1.54, 1.807) is 0 Å². The fraction of sp³-hybridized carbons (Fsp3) is 0.533. The summed E-state index contributed by atoms with van der Waals surface area (Å²) in [6.07, 6.45) is 1.86. The van der Waals surface area contributed by atoms with Gasteiger partial charge in [0.25, 0.3) is 0 Å². The molecule has 1 aliphatic rings. The highest BCUT2D eigenvalue weighted by Crippen LogP contribution is 2.30. The lowest BCUT2D eigenvalue weighted by Crippen LogP contribution is -2.45. The molecule has 1 saturated carbocycles. The number of carbonyl (C=O) groups is 1. The molecule has 1 aromatic rings. The summed E-state index contributed by atoms with van der Waals surface area (Å²) in [5.74, 6) is -0.716. The molecule has 0 atom stereocenters. The molecule has 128 valence electrons. The average Bonchev–Trinajstić information content (AvgIpc) is 2.44. The summed E-state index contributed by atoms with van der Waals surface area (Å²) < 4.78 is 32.4. The third-order valence-electron chi connectivity index (χ3n) is 4.21. The fourth-order valence-electron chi connectivity index (χ4n) is 2.62. The number of carboxylic acid groups (broad SMARTS) is 1. The van der Waals surface area contributed by atoms with E-state index in [-0.39, 0.29) is 16.4 Å². The number of hydrogen-bond donors (Lipinski definition) is 2. The third kappa shape index (κ3) is 4.01. The maximum Gasteiger partial charge on any atom is 0.337 e. The summed E-state index contributed by atoms with van der Waals surface area (Å²) >= 11 is 0. The van der Waals surface area contributed by atoms with Crippen molar-refractivity contribution in [3.05, 3.63) is 23.8 Å². The highest BCUT2D eigenvalue weighted by atomic mass is 32.2. The van der Waals surface area contributed by atoms with Gasteiger partial charge in [-0.3, -0.25) is 0 Å². The maximum absolute atomic E-state index is 12.4. The second-order valence-electron chi connectivity index (χ2n) is 5.97. The molecule has 23 heavy (non-hydrogen) atoms. The average molecular weight is 342 g/mol. The Morgan fingerprint density at radius 2 is 2.04 bits per heavy atom. The molecule has 2 rings (SSSR count). The van der Waals surface area contributed by atoms with Crippen LogP contribution in [0.15, 0.2) is 23.1 Å². The van der Waals surface area contributed by atoms with Crippen molar-refractivity contribution >= 4 is 16.0 Å². The molecule has 0 spiro atoms. The zero-order valence-electron chi connectivity index (χ0n) is 13.4. The SMILES string of the molecule is COc1ccc(C(=O)O)c(S(=O)(=O)NCC2CC(N(C)C)C2)c1. The van der Waals surface area contributed by atoms with Crippen LogP contribution in [0.25, 0.3) is 0 Å². The Labute approximate surface area is 136 Å². The normalized spacial score (nSPS) is 21.0. The zero-order valence-corrected chi connectivity index (χ0v) is 14.3. The van der Waals surface area contributed by atoms with Crippen molar-refractivity contribution in [2.24, 2.45) is 5.92 Å². The first-order valence-electron chi connectivity index (χ1n) is 7.32. The molecule has 8 heteroatoms. The Hall–Kier alpha value is -1.64. The molecular formula is C15H22N2O5S. The molecule has 0 saturated heterocycles. The molecule has 2 N–H and O–H groups in total. The number of sulfonamides is 1. The van der Waals surface area contributed by atoms with Crippen LogP contribution < -0.4 is 9.46 Å². The Kier molecular flexibility index (Phi) is 5.28. The van der Waals surface area contributed by atoms with E-state index in [1.807, 2.05) is 14.1 Å². The Bertz CT molecular complexity index is 681. The molecule has 0 heterocycles. The van der Waals surface area contributed by atoms with Gasteiger partial charge in [0.2, 0.25) is 10.0 Å². The number of nitrogens with zero attached hydrogens (tertiary/aromatic N) is 1. The lowest BCUT2D eigenvalue weighted by Gasteiger charge is -2.39. The number of aromatic carboxylic acids is 1. The number of rotatable bonds is 7. The van der Waals surface area contributed by atoms with Crippen LogP contribution in [0.3, 0.4) is 0 Å². The topological polar surface area (TPSA) is 95.9 Å². The summed E-state index contributed by atoms with van der Waals surface area (Å²) in [7, 11) is 1.50. The molecule has 0 aliphatic heterocycles. The van der Waals surface area contributed by atoms with Crippen LogP contribution in [0.1, 0.15) is 23.2 Å². The van der Waals surface area contributed by atoms with Gasteiger partial charge in [-0.1, -0.05) is 0 Å². The lowest BCUT2D eigenvalue weighted by atomic mass is 9.80. The molecule has 1 aliphatic carbocycles. The van der Waals surface area contributed by atoms with Crippen molar-refractivity contribution in [1.82, 2.24) is 9.62 Å². The number of hydrogen-bond acceptors (Lipinski definition) is 5. The van der Waals surface area contributed by atoms with E-state index in [2.05, 4.69) is 9.62 Å². The van der Waals surface area contributed by atoms with E-state index in [4.69, 9.17) is 4.74 Å². The van der Waals surface area contributed by atoms with Crippen molar-refractivity contribution in [3.8, 4) is 5.75 Å². The quantitative estimate of drug-likeness (QED) is 0.768. The number of carboxylic acids is 1. The molecule has 0 radical (unpaired) electrons. The second kappa shape index (κ2) is 6.86. The van der Waals surface area contributed by atoms with Gasteiger partial charge >= 0.3 is 5.97 Å². The van der Waals surface area contributed by atoms with Crippen molar-refractivity contribution in [2.75, 3.05) is 27.7 Å². The number of ether oxygens (including phenoxy) is 1. The van der Waals surface area contributed by atoms with Crippen molar-refractivity contribution in [2.45, 2.75) is 23.8 Å². The van der Waals surface area contributed by atoms with Gasteiger partial charge in [0.15, 0.2) is 0 Å². The van der Waals surface area contributed by atoms with E-state index >= 15 is 0 Å². The van der Waals surface area contributed by atoms with Gasteiger partial charge in [0.1, 0.15) is 10.6 Å². The summed E-state index contributed by atoms with van der Waals surface area (Å²) in [6.45, 7) is 0.308. The number of methoxy groups -OCH3 is 1. The minimum Gasteiger partial charge on any atom is -0.497 e. The smallest absolute Gasteiger partial charge is 0.337 e. The molecule has 0 aromatic heterocycles. The third-order valence-corrected chi connectivity index (χ3v) is 5.68. The van der Waals surface area contributed by atoms with Gasteiger partial charge in [-0.15, -0.1) is 0 Å². The predicted molar refractivity (Wildman–Crippen MR) is 85.3 cm³/mol. The minimum absolute atomic E-state index is 0.266. The number of benzene rings is 1. The summed E-state index contributed by atoms with van der Waals surface area (Å²) in [5.41, 5.74) is -0.266. The van der Waals surface area contributed by atoms with Gasteiger partial charge in [-0.05, 0) is 45.0 Å². The van der Waals surface area contributed by atoms with Gasteiger partial charge in [-0.2, -0.15) is 0 Å². The van der Waals surface area contributed by atoms with Crippen molar-refractivity contribution in [1.29, 1.82) is 0 Å². The van der Waals surface area contributed by atoms with Gasteiger partial charge < -0.3 is 14.7 Å². The second-order valence-corrected chi connectivity index (χ2v) is 7.71. The van der Waals surface area contributed by atoms with E-state index < -0.39 is 16.0 Å². The van der Waals surface area contributed by atoms with E-state index in [0.29, 0.717) is 18.3 Å². The van der Waals surface area contributed by atoms with E-state index in [1.165, 1.54) is 25.3 Å². The Morgan fingerprint density at radius 1 is 1.39 bits per heavy atom. The van der Waals surface area contributed by atoms with Crippen molar-refractivity contribution < 1.29 is 23.1 Å². The van der Waals surface area contributed by atoms with Crippen LogP contribution >= 0.6 is 0 Å². The maximum atomic E-state index is 12.4.